The Kier molecular flexibility index (Phi) is 3.31. The van der Waals surface area contributed by atoms with Crippen LogP contribution in [-0.2, 0) is 13.0 Å². The molecule has 98 valence electrons. The molecule has 4 nitrogen and oxygen atoms in total. The third-order valence-electron chi connectivity index (χ3n) is 3.07. The highest BCUT2D eigenvalue weighted by molar-refractivity contribution is 7.18. The zero-order chi connectivity index (χ0) is 13.2. The van der Waals surface area contributed by atoms with Crippen molar-refractivity contribution in [1.82, 2.24) is 14.8 Å². The minimum atomic E-state index is -0.541. The highest BCUT2D eigenvalue weighted by Gasteiger charge is 2.13. The number of nitrogens with zero attached hydrogens (tertiary/aromatic N) is 3. The molecule has 0 radical (unpaired) electrons. The van der Waals surface area contributed by atoms with E-state index in [-0.39, 0.29) is 0 Å². The van der Waals surface area contributed by atoms with Crippen LogP contribution in [0.25, 0.3) is 10.2 Å². The first kappa shape index (κ1) is 12.3. The van der Waals surface area contributed by atoms with Gasteiger partial charge in [0.25, 0.3) is 0 Å². The highest BCUT2D eigenvalue weighted by Crippen LogP contribution is 2.25. The molecule has 1 N–H and O–H groups in total. The van der Waals surface area contributed by atoms with Gasteiger partial charge in [-0.25, -0.2) is 4.98 Å². The van der Waals surface area contributed by atoms with Crippen LogP contribution in [0.15, 0.2) is 36.7 Å². The van der Waals surface area contributed by atoms with Crippen molar-refractivity contribution in [2.75, 3.05) is 0 Å². The molecule has 3 aromatic rings. The van der Waals surface area contributed by atoms with E-state index in [2.05, 4.69) is 16.1 Å². The second-order valence-electron chi connectivity index (χ2n) is 4.42. The Morgan fingerprint density at radius 2 is 2.21 bits per heavy atom. The summed E-state index contributed by atoms with van der Waals surface area (Å²) in [5, 5.41) is 15.4. The van der Waals surface area contributed by atoms with Gasteiger partial charge in [0.15, 0.2) is 0 Å². The maximum atomic E-state index is 10.2. The number of rotatable bonds is 4. The lowest BCUT2D eigenvalue weighted by molar-refractivity contribution is 0.178. The lowest BCUT2D eigenvalue weighted by Crippen LogP contribution is -2.00. The van der Waals surface area contributed by atoms with Crippen LogP contribution in [0.3, 0.4) is 0 Å². The van der Waals surface area contributed by atoms with Gasteiger partial charge in [0.2, 0.25) is 0 Å². The number of para-hydroxylation sites is 1. The van der Waals surface area contributed by atoms with Crippen LogP contribution in [0, 0.1) is 0 Å². The minimum absolute atomic E-state index is 0.536. The molecule has 0 aliphatic carbocycles. The van der Waals surface area contributed by atoms with E-state index in [1.807, 2.05) is 36.0 Å². The summed E-state index contributed by atoms with van der Waals surface area (Å²) in [6.07, 6.45) is 3.61. The summed E-state index contributed by atoms with van der Waals surface area (Å²) in [6.45, 7) is 2.84. The lowest BCUT2D eigenvalue weighted by atomic mass is 10.1. The van der Waals surface area contributed by atoms with Crippen molar-refractivity contribution in [2.45, 2.75) is 26.0 Å². The topological polar surface area (TPSA) is 50.9 Å². The fraction of sp³-hybridized carbons (Fsp3) is 0.286. The number of aliphatic hydroxyl groups is 1. The second kappa shape index (κ2) is 5.11. The van der Waals surface area contributed by atoms with Gasteiger partial charge in [0, 0.05) is 24.7 Å². The number of aliphatic hydroxyl groups excluding tert-OH is 1. The molecule has 0 amide bonds. The third-order valence-corrected chi connectivity index (χ3v) is 4.13. The van der Waals surface area contributed by atoms with E-state index in [1.54, 1.807) is 17.5 Å². The van der Waals surface area contributed by atoms with E-state index < -0.39 is 6.10 Å². The van der Waals surface area contributed by atoms with E-state index in [4.69, 9.17) is 0 Å². The maximum absolute atomic E-state index is 10.2. The third kappa shape index (κ3) is 2.52. The molecule has 3 rings (SSSR count). The molecular weight excluding hydrogens is 258 g/mol. The Labute approximate surface area is 115 Å². The van der Waals surface area contributed by atoms with E-state index in [0.29, 0.717) is 6.42 Å². The molecule has 0 aliphatic rings. The van der Waals surface area contributed by atoms with Crippen LogP contribution in [0.5, 0.6) is 0 Å². The molecule has 0 fully saturated rings. The van der Waals surface area contributed by atoms with Crippen molar-refractivity contribution in [3.05, 3.63) is 47.2 Å². The summed E-state index contributed by atoms with van der Waals surface area (Å²) in [7, 11) is 0. The molecule has 0 saturated carbocycles. The predicted octanol–water partition coefficient (Wildman–Crippen LogP) is 2.79. The number of thiazole rings is 1. The van der Waals surface area contributed by atoms with Crippen LogP contribution < -0.4 is 0 Å². The Bertz CT molecular complexity index is 656. The Hall–Kier alpha value is -1.72. The van der Waals surface area contributed by atoms with E-state index in [1.165, 1.54) is 0 Å². The summed E-state index contributed by atoms with van der Waals surface area (Å²) in [6, 6.07) is 8.04. The fourth-order valence-electron chi connectivity index (χ4n) is 2.02. The summed E-state index contributed by atoms with van der Waals surface area (Å²) < 4.78 is 2.98. The summed E-state index contributed by atoms with van der Waals surface area (Å²) in [5.41, 5.74) is 1.85. The van der Waals surface area contributed by atoms with Gasteiger partial charge >= 0.3 is 0 Å². The summed E-state index contributed by atoms with van der Waals surface area (Å²) >= 11 is 1.63. The van der Waals surface area contributed by atoms with Crippen LogP contribution >= 0.6 is 11.3 Å². The number of fused-ring (bicyclic) bond motifs is 1. The standard InChI is InChI=1S/C14H15N3OS/c1-2-17-9-10(8-15-17)12(18)7-14-16-11-5-3-4-6-13(11)19-14/h3-6,8-9,12,18H,2,7H2,1H3. The average molecular weight is 273 g/mol. The summed E-state index contributed by atoms with van der Waals surface area (Å²) in [4.78, 5) is 4.54. The van der Waals surface area contributed by atoms with Crippen molar-refractivity contribution >= 4 is 21.6 Å². The van der Waals surface area contributed by atoms with E-state index in [0.717, 1.165) is 27.3 Å². The van der Waals surface area contributed by atoms with Crippen LogP contribution in [-0.4, -0.2) is 19.9 Å². The maximum Gasteiger partial charge on any atom is 0.0967 e. The molecule has 0 saturated heterocycles. The second-order valence-corrected chi connectivity index (χ2v) is 5.54. The summed E-state index contributed by atoms with van der Waals surface area (Å²) in [5.74, 6) is 0. The van der Waals surface area contributed by atoms with Gasteiger partial charge in [-0.15, -0.1) is 11.3 Å². The van der Waals surface area contributed by atoms with Crippen molar-refractivity contribution in [3.8, 4) is 0 Å². The van der Waals surface area contributed by atoms with Gasteiger partial charge in [0.05, 0.1) is 27.5 Å². The molecule has 2 heterocycles. The van der Waals surface area contributed by atoms with E-state index in [9.17, 15) is 5.11 Å². The van der Waals surface area contributed by atoms with Crippen LogP contribution in [0.2, 0.25) is 0 Å². The van der Waals surface area contributed by atoms with Gasteiger partial charge in [-0.2, -0.15) is 5.10 Å². The number of hydrogen-bond acceptors (Lipinski definition) is 4. The zero-order valence-electron chi connectivity index (χ0n) is 10.7. The van der Waals surface area contributed by atoms with Gasteiger partial charge < -0.3 is 5.11 Å². The zero-order valence-corrected chi connectivity index (χ0v) is 11.5. The molecule has 0 aliphatic heterocycles. The molecule has 19 heavy (non-hydrogen) atoms. The van der Waals surface area contributed by atoms with Crippen molar-refractivity contribution in [1.29, 1.82) is 0 Å². The normalized spacial score (nSPS) is 12.9. The number of aryl methyl sites for hydroxylation is 1. The van der Waals surface area contributed by atoms with Gasteiger partial charge in [-0.05, 0) is 19.1 Å². The molecular formula is C14H15N3OS. The quantitative estimate of drug-likeness (QED) is 0.795. The SMILES string of the molecule is CCn1cc(C(O)Cc2nc3ccccc3s2)cn1. The predicted molar refractivity (Wildman–Crippen MR) is 76.2 cm³/mol. The minimum Gasteiger partial charge on any atom is -0.388 e. The largest absolute Gasteiger partial charge is 0.388 e. The molecule has 1 atom stereocenters. The smallest absolute Gasteiger partial charge is 0.0967 e. The Balaban J connectivity index is 1.80. The van der Waals surface area contributed by atoms with Gasteiger partial charge in [-0.1, -0.05) is 12.1 Å². The number of benzene rings is 1. The molecule has 5 heteroatoms. The van der Waals surface area contributed by atoms with Crippen molar-refractivity contribution in [2.24, 2.45) is 0 Å². The van der Waals surface area contributed by atoms with E-state index >= 15 is 0 Å². The lowest BCUT2D eigenvalue weighted by Gasteiger charge is -2.04. The van der Waals surface area contributed by atoms with Crippen molar-refractivity contribution in [3.63, 3.8) is 0 Å². The fourth-order valence-corrected chi connectivity index (χ4v) is 3.02. The molecule has 0 bridgehead atoms. The molecule has 0 spiro atoms. The number of hydrogen-bond donors (Lipinski definition) is 1. The number of aromatic nitrogens is 3. The first-order chi connectivity index (χ1) is 9.26. The Morgan fingerprint density at radius 1 is 1.37 bits per heavy atom. The average Bonchev–Trinajstić information content (AvgIpc) is 3.04. The van der Waals surface area contributed by atoms with Gasteiger partial charge in [0.1, 0.15) is 0 Å². The Morgan fingerprint density at radius 3 is 2.95 bits per heavy atom. The molecule has 1 aromatic carbocycles. The van der Waals surface area contributed by atoms with Crippen molar-refractivity contribution < 1.29 is 5.11 Å². The van der Waals surface area contributed by atoms with Crippen LogP contribution in [0.1, 0.15) is 23.6 Å². The first-order valence-electron chi connectivity index (χ1n) is 6.31. The highest BCUT2D eigenvalue weighted by atomic mass is 32.1. The van der Waals surface area contributed by atoms with Crippen LogP contribution in [0.4, 0.5) is 0 Å². The first-order valence-corrected chi connectivity index (χ1v) is 7.13. The molecule has 2 aromatic heterocycles. The molecule has 1 unspecified atom stereocenters. The monoisotopic (exact) mass is 273 g/mol. The van der Waals surface area contributed by atoms with Gasteiger partial charge in [-0.3, -0.25) is 4.68 Å².